The minimum absolute atomic E-state index is 0.0286. The van der Waals surface area contributed by atoms with Gasteiger partial charge in [-0.25, -0.2) is 0 Å². The van der Waals surface area contributed by atoms with E-state index in [4.69, 9.17) is 0 Å². The SMILES string of the molecule is C[C@H](CCc1ccc(O)cc1)NC(=O)C1(O)CCCC1. The lowest BCUT2D eigenvalue weighted by atomic mass is 10.00. The second-order valence-electron chi connectivity index (χ2n) is 5.82. The van der Waals surface area contributed by atoms with Gasteiger partial charge in [0.1, 0.15) is 11.4 Å². The molecule has 4 nitrogen and oxygen atoms in total. The Morgan fingerprint density at radius 1 is 1.30 bits per heavy atom. The molecule has 0 saturated heterocycles. The first-order valence-corrected chi connectivity index (χ1v) is 7.31. The molecule has 20 heavy (non-hydrogen) atoms. The third-order valence-corrected chi connectivity index (χ3v) is 4.03. The predicted octanol–water partition coefficient (Wildman–Crippen LogP) is 2.13. The van der Waals surface area contributed by atoms with Crippen LogP contribution in [0.1, 0.15) is 44.6 Å². The average molecular weight is 277 g/mol. The van der Waals surface area contributed by atoms with Gasteiger partial charge in [0, 0.05) is 6.04 Å². The molecule has 1 saturated carbocycles. The van der Waals surface area contributed by atoms with Crippen LogP contribution in [0.4, 0.5) is 0 Å². The Bertz CT molecular complexity index is 449. The number of phenolic OH excluding ortho intramolecular Hbond substituents is 1. The van der Waals surface area contributed by atoms with Crippen LogP contribution in [0, 0.1) is 0 Å². The molecule has 1 amide bonds. The molecular weight excluding hydrogens is 254 g/mol. The van der Waals surface area contributed by atoms with Crippen molar-refractivity contribution >= 4 is 5.91 Å². The lowest BCUT2D eigenvalue weighted by Crippen LogP contribution is -2.48. The molecule has 0 aliphatic heterocycles. The van der Waals surface area contributed by atoms with Crippen LogP contribution < -0.4 is 5.32 Å². The zero-order chi connectivity index (χ0) is 14.6. The van der Waals surface area contributed by atoms with Gasteiger partial charge < -0.3 is 15.5 Å². The summed E-state index contributed by atoms with van der Waals surface area (Å²) in [6.45, 7) is 1.95. The maximum atomic E-state index is 12.0. The first-order chi connectivity index (χ1) is 9.49. The van der Waals surface area contributed by atoms with Crippen molar-refractivity contribution in [3.63, 3.8) is 0 Å². The van der Waals surface area contributed by atoms with E-state index in [2.05, 4.69) is 5.32 Å². The summed E-state index contributed by atoms with van der Waals surface area (Å²) in [6.07, 6.45) is 4.64. The molecule has 110 valence electrons. The molecule has 0 bridgehead atoms. The number of rotatable bonds is 5. The summed E-state index contributed by atoms with van der Waals surface area (Å²) in [4.78, 5) is 12.0. The number of phenols is 1. The van der Waals surface area contributed by atoms with E-state index in [0.717, 1.165) is 31.2 Å². The van der Waals surface area contributed by atoms with E-state index in [1.807, 2.05) is 19.1 Å². The quantitative estimate of drug-likeness (QED) is 0.772. The molecule has 1 aromatic rings. The summed E-state index contributed by atoms with van der Waals surface area (Å²) in [5.41, 5.74) is -0.0178. The smallest absolute Gasteiger partial charge is 0.252 e. The molecule has 1 aliphatic rings. The molecule has 1 atom stereocenters. The van der Waals surface area contributed by atoms with Crippen LogP contribution in [-0.2, 0) is 11.2 Å². The van der Waals surface area contributed by atoms with Crippen LogP contribution in [0.25, 0.3) is 0 Å². The van der Waals surface area contributed by atoms with E-state index in [0.29, 0.717) is 12.8 Å². The number of hydrogen-bond donors (Lipinski definition) is 3. The highest BCUT2D eigenvalue weighted by Gasteiger charge is 2.39. The highest BCUT2D eigenvalue weighted by molar-refractivity contribution is 5.85. The Morgan fingerprint density at radius 2 is 1.90 bits per heavy atom. The van der Waals surface area contributed by atoms with Gasteiger partial charge in [0.25, 0.3) is 5.91 Å². The van der Waals surface area contributed by atoms with Crippen molar-refractivity contribution in [2.24, 2.45) is 0 Å². The molecule has 0 unspecified atom stereocenters. The number of carbonyl (C=O) groups excluding carboxylic acids is 1. The van der Waals surface area contributed by atoms with Crippen molar-refractivity contribution in [2.75, 3.05) is 0 Å². The van der Waals surface area contributed by atoms with Crippen molar-refractivity contribution in [2.45, 2.75) is 57.1 Å². The number of aryl methyl sites for hydroxylation is 1. The van der Waals surface area contributed by atoms with Gasteiger partial charge in [-0.2, -0.15) is 0 Å². The van der Waals surface area contributed by atoms with Gasteiger partial charge in [0.2, 0.25) is 0 Å². The molecule has 1 aliphatic carbocycles. The molecule has 2 rings (SSSR count). The molecule has 1 aromatic carbocycles. The van der Waals surface area contributed by atoms with E-state index in [1.54, 1.807) is 12.1 Å². The third kappa shape index (κ3) is 3.73. The number of carbonyl (C=O) groups is 1. The van der Waals surface area contributed by atoms with Crippen LogP contribution >= 0.6 is 0 Å². The van der Waals surface area contributed by atoms with E-state index in [9.17, 15) is 15.0 Å². The number of benzene rings is 1. The third-order valence-electron chi connectivity index (χ3n) is 4.03. The van der Waals surface area contributed by atoms with Crippen LogP contribution in [0.5, 0.6) is 5.75 Å². The van der Waals surface area contributed by atoms with Crippen LogP contribution in [0.15, 0.2) is 24.3 Å². The number of aliphatic hydroxyl groups is 1. The fourth-order valence-electron chi connectivity index (χ4n) is 2.66. The van der Waals surface area contributed by atoms with E-state index in [1.165, 1.54) is 0 Å². The van der Waals surface area contributed by atoms with E-state index in [-0.39, 0.29) is 17.7 Å². The molecule has 1 fully saturated rings. The van der Waals surface area contributed by atoms with Gasteiger partial charge >= 0.3 is 0 Å². The van der Waals surface area contributed by atoms with Crippen LogP contribution in [-0.4, -0.2) is 27.8 Å². The van der Waals surface area contributed by atoms with Crippen molar-refractivity contribution in [3.05, 3.63) is 29.8 Å². The van der Waals surface area contributed by atoms with Crippen molar-refractivity contribution in [1.82, 2.24) is 5.32 Å². The van der Waals surface area contributed by atoms with Crippen LogP contribution in [0.3, 0.4) is 0 Å². The molecule has 0 heterocycles. The van der Waals surface area contributed by atoms with Crippen molar-refractivity contribution in [1.29, 1.82) is 0 Å². The van der Waals surface area contributed by atoms with Gasteiger partial charge in [0.15, 0.2) is 0 Å². The first kappa shape index (κ1) is 14.9. The summed E-state index contributed by atoms with van der Waals surface area (Å²) in [5.74, 6) is 0.0340. The summed E-state index contributed by atoms with van der Waals surface area (Å²) in [6, 6.07) is 7.13. The topological polar surface area (TPSA) is 69.6 Å². The summed E-state index contributed by atoms with van der Waals surface area (Å²) in [7, 11) is 0. The standard InChI is InChI=1S/C16H23NO3/c1-12(4-5-13-6-8-14(18)9-7-13)17-15(19)16(20)10-2-3-11-16/h6-9,12,18,20H,2-5,10-11H2,1H3,(H,17,19)/t12-/m1/s1. The van der Waals surface area contributed by atoms with Crippen LogP contribution in [0.2, 0.25) is 0 Å². The number of hydrogen-bond acceptors (Lipinski definition) is 3. The maximum absolute atomic E-state index is 12.0. The Labute approximate surface area is 119 Å². The number of aromatic hydroxyl groups is 1. The molecule has 0 radical (unpaired) electrons. The van der Waals surface area contributed by atoms with Crippen molar-refractivity contribution in [3.8, 4) is 5.75 Å². The minimum atomic E-state index is -1.15. The van der Waals surface area contributed by atoms with Gasteiger partial charge in [0.05, 0.1) is 0 Å². The van der Waals surface area contributed by atoms with E-state index < -0.39 is 5.60 Å². The highest BCUT2D eigenvalue weighted by Crippen LogP contribution is 2.29. The predicted molar refractivity (Wildman–Crippen MR) is 77.5 cm³/mol. The molecule has 3 N–H and O–H groups in total. The zero-order valence-electron chi connectivity index (χ0n) is 11.9. The number of nitrogens with one attached hydrogen (secondary N) is 1. The Kier molecular flexibility index (Phi) is 4.65. The van der Waals surface area contributed by atoms with Gasteiger partial charge in [-0.1, -0.05) is 12.1 Å². The maximum Gasteiger partial charge on any atom is 0.252 e. The minimum Gasteiger partial charge on any atom is -0.508 e. The summed E-state index contributed by atoms with van der Waals surface area (Å²) >= 11 is 0. The molecule has 4 heteroatoms. The van der Waals surface area contributed by atoms with Gasteiger partial charge in [-0.3, -0.25) is 4.79 Å². The molecule has 0 aromatic heterocycles. The average Bonchev–Trinajstić information content (AvgIpc) is 2.86. The lowest BCUT2D eigenvalue weighted by molar-refractivity contribution is -0.139. The van der Waals surface area contributed by atoms with Gasteiger partial charge in [-0.05, 0) is 63.1 Å². The number of amides is 1. The van der Waals surface area contributed by atoms with Gasteiger partial charge in [-0.15, -0.1) is 0 Å². The van der Waals surface area contributed by atoms with Crippen molar-refractivity contribution < 1.29 is 15.0 Å². The monoisotopic (exact) mass is 277 g/mol. The zero-order valence-corrected chi connectivity index (χ0v) is 11.9. The summed E-state index contributed by atoms with van der Waals surface area (Å²) < 4.78 is 0. The van der Waals surface area contributed by atoms with E-state index >= 15 is 0 Å². The second-order valence-corrected chi connectivity index (χ2v) is 5.82. The Morgan fingerprint density at radius 3 is 2.50 bits per heavy atom. The normalized spacial score (nSPS) is 18.7. The first-order valence-electron chi connectivity index (χ1n) is 7.31. The molecule has 0 spiro atoms. The summed E-state index contributed by atoms with van der Waals surface area (Å²) in [5, 5.41) is 22.3. The highest BCUT2D eigenvalue weighted by atomic mass is 16.3. The second kappa shape index (κ2) is 6.27. The Balaban J connectivity index is 1.79. The Hall–Kier alpha value is -1.55. The molecular formula is C16H23NO3. The fraction of sp³-hybridized carbons (Fsp3) is 0.562. The lowest BCUT2D eigenvalue weighted by Gasteiger charge is -2.24. The fourth-order valence-corrected chi connectivity index (χ4v) is 2.66. The largest absolute Gasteiger partial charge is 0.508 e.